The summed E-state index contributed by atoms with van der Waals surface area (Å²) in [6.45, 7) is 5.85. The maximum Gasteiger partial charge on any atom is 0.240 e. The van der Waals surface area contributed by atoms with Crippen LogP contribution in [0.2, 0.25) is 0 Å². The van der Waals surface area contributed by atoms with Crippen LogP contribution in [-0.4, -0.2) is 81.1 Å². The van der Waals surface area contributed by atoms with Crippen LogP contribution in [0.25, 0.3) is 0 Å². The third-order valence-corrected chi connectivity index (χ3v) is 3.83. The Labute approximate surface area is 117 Å². The van der Waals surface area contributed by atoms with Crippen molar-refractivity contribution in [3.63, 3.8) is 0 Å². The molecule has 5 heteroatoms. The van der Waals surface area contributed by atoms with E-state index in [9.17, 15) is 4.79 Å². The molecule has 0 aliphatic carbocycles. The summed E-state index contributed by atoms with van der Waals surface area (Å²) in [5.74, 6) is 0.863. The van der Waals surface area contributed by atoms with E-state index in [0.717, 1.165) is 39.1 Å². The third kappa shape index (κ3) is 5.47. The summed E-state index contributed by atoms with van der Waals surface area (Å²) in [6, 6.07) is -0.0141. The fourth-order valence-electron chi connectivity index (χ4n) is 2.44. The van der Waals surface area contributed by atoms with E-state index in [2.05, 4.69) is 43.2 Å². The predicted molar refractivity (Wildman–Crippen MR) is 79.0 cm³/mol. The van der Waals surface area contributed by atoms with Crippen LogP contribution in [0.4, 0.5) is 0 Å². The van der Waals surface area contributed by atoms with Gasteiger partial charge in [-0.15, -0.1) is 0 Å². The van der Waals surface area contributed by atoms with Crippen LogP contribution in [0.1, 0.15) is 19.8 Å². The van der Waals surface area contributed by atoms with Crippen molar-refractivity contribution in [3.8, 4) is 0 Å². The van der Waals surface area contributed by atoms with E-state index >= 15 is 0 Å². The van der Waals surface area contributed by atoms with E-state index in [4.69, 9.17) is 0 Å². The van der Waals surface area contributed by atoms with Gasteiger partial charge in [-0.2, -0.15) is 0 Å². The number of nitrogens with zero attached hydrogens (tertiary/aromatic N) is 3. The Morgan fingerprint density at radius 1 is 1.32 bits per heavy atom. The number of hydrogen-bond donors (Lipinski definition) is 1. The van der Waals surface area contributed by atoms with E-state index in [-0.39, 0.29) is 11.9 Å². The topological polar surface area (TPSA) is 38.8 Å². The number of nitrogens with one attached hydrogen (secondary N) is 1. The maximum atomic E-state index is 12.4. The first-order chi connectivity index (χ1) is 8.93. The average Bonchev–Trinajstić information content (AvgIpc) is 2.49. The molecule has 1 N–H and O–H groups in total. The fourth-order valence-corrected chi connectivity index (χ4v) is 2.44. The molecule has 0 bridgehead atoms. The Balaban J connectivity index is 2.52. The lowest BCUT2D eigenvalue weighted by Crippen LogP contribution is -2.48. The van der Waals surface area contributed by atoms with Crippen molar-refractivity contribution in [1.29, 1.82) is 0 Å². The first kappa shape index (κ1) is 16.4. The van der Waals surface area contributed by atoms with Crippen molar-refractivity contribution in [1.82, 2.24) is 20.0 Å². The summed E-state index contributed by atoms with van der Waals surface area (Å²) in [4.78, 5) is 18.8. The second-order valence-corrected chi connectivity index (χ2v) is 6.10. The van der Waals surface area contributed by atoms with Gasteiger partial charge in [0.25, 0.3) is 0 Å². The maximum absolute atomic E-state index is 12.4. The lowest BCUT2D eigenvalue weighted by atomic mass is 10.0. The van der Waals surface area contributed by atoms with Crippen LogP contribution >= 0.6 is 0 Å². The highest BCUT2D eigenvalue weighted by Gasteiger charge is 2.28. The molecule has 0 aromatic rings. The predicted octanol–water partition coefficient (Wildman–Crippen LogP) is 0.284. The van der Waals surface area contributed by atoms with E-state index in [1.54, 1.807) is 0 Å². The molecule has 1 aliphatic rings. The van der Waals surface area contributed by atoms with E-state index < -0.39 is 0 Å². The molecule has 0 saturated carbocycles. The van der Waals surface area contributed by atoms with Crippen LogP contribution in [-0.2, 0) is 4.79 Å². The SMILES string of the molecule is CNC1CC(C)CCN(CN(C)CCN(C)C)C1=O. The summed E-state index contributed by atoms with van der Waals surface area (Å²) in [6.07, 6.45) is 2.05. The van der Waals surface area contributed by atoms with Gasteiger partial charge in [-0.3, -0.25) is 9.69 Å². The van der Waals surface area contributed by atoms with Crippen molar-refractivity contribution >= 4 is 5.91 Å². The summed E-state index contributed by atoms with van der Waals surface area (Å²) in [5, 5.41) is 3.16. The molecule has 0 radical (unpaired) electrons. The Morgan fingerprint density at radius 2 is 2.00 bits per heavy atom. The molecule has 1 heterocycles. The molecule has 2 unspecified atom stereocenters. The number of rotatable bonds is 6. The molecule has 0 aromatic heterocycles. The Bertz CT molecular complexity index is 283. The average molecular weight is 270 g/mol. The van der Waals surface area contributed by atoms with Crippen LogP contribution in [0, 0.1) is 5.92 Å². The molecule has 112 valence electrons. The fraction of sp³-hybridized carbons (Fsp3) is 0.929. The molecule has 19 heavy (non-hydrogen) atoms. The smallest absolute Gasteiger partial charge is 0.240 e. The Morgan fingerprint density at radius 3 is 2.58 bits per heavy atom. The zero-order chi connectivity index (χ0) is 14.4. The number of carbonyl (C=O) groups is 1. The Kier molecular flexibility index (Phi) is 6.75. The molecule has 0 spiro atoms. The minimum absolute atomic E-state index is 0.0141. The van der Waals surface area contributed by atoms with Crippen LogP contribution in [0.5, 0.6) is 0 Å². The molecular weight excluding hydrogens is 240 g/mol. The highest BCUT2D eigenvalue weighted by Crippen LogP contribution is 2.18. The summed E-state index contributed by atoms with van der Waals surface area (Å²) in [5.41, 5.74) is 0. The second kappa shape index (κ2) is 7.82. The lowest BCUT2D eigenvalue weighted by molar-refractivity contribution is -0.134. The van der Waals surface area contributed by atoms with Gasteiger partial charge < -0.3 is 15.1 Å². The van der Waals surface area contributed by atoms with Gasteiger partial charge in [-0.05, 0) is 47.0 Å². The van der Waals surface area contributed by atoms with Gasteiger partial charge >= 0.3 is 0 Å². The molecule has 5 nitrogen and oxygen atoms in total. The van der Waals surface area contributed by atoms with Gasteiger partial charge in [-0.1, -0.05) is 6.92 Å². The van der Waals surface area contributed by atoms with E-state index in [1.165, 1.54) is 0 Å². The number of carbonyl (C=O) groups excluding carboxylic acids is 1. The van der Waals surface area contributed by atoms with Crippen LogP contribution < -0.4 is 5.32 Å². The van der Waals surface area contributed by atoms with Crippen molar-refractivity contribution in [2.24, 2.45) is 5.92 Å². The minimum Gasteiger partial charge on any atom is -0.328 e. The highest BCUT2D eigenvalue weighted by molar-refractivity contribution is 5.82. The first-order valence-electron chi connectivity index (χ1n) is 7.23. The van der Waals surface area contributed by atoms with E-state index in [0.29, 0.717) is 5.92 Å². The monoisotopic (exact) mass is 270 g/mol. The number of likely N-dealkylation sites (N-methyl/N-ethyl adjacent to an activating group) is 3. The highest BCUT2D eigenvalue weighted by atomic mass is 16.2. The molecule has 1 saturated heterocycles. The lowest BCUT2D eigenvalue weighted by Gasteiger charge is -2.29. The number of amides is 1. The van der Waals surface area contributed by atoms with Crippen molar-refractivity contribution in [2.45, 2.75) is 25.8 Å². The van der Waals surface area contributed by atoms with Crippen LogP contribution in [0.3, 0.4) is 0 Å². The minimum atomic E-state index is -0.0141. The van der Waals surface area contributed by atoms with Gasteiger partial charge in [0, 0.05) is 19.6 Å². The molecule has 1 fully saturated rings. The molecule has 1 rings (SSSR count). The summed E-state index contributed by atoms with van der Waals surface area (Å²) < 4.78 is 0. The zero-order valence-corrected chi connectivity index (χ0v) is 13.1. The first-order valence-corrected chi connectivity index (χ1v) is 7.23. The van der Waals surface area contributed by atoms with Gasteiger partial charge in [-0.25, -0.2) is 0 Å². The molecule has 1 amide bonds. The van der Waals surface area contributed by atoms with Crippen molar-refractivity contribution in [3.05, 3.63) is 0 Å². The summed E-state index contributed by atoms with van der Waals surface area (Å²) >= 11 is 0. The largest absolute Gasteiger partial charge is 0.328 e. The van der Waals surface area contributed by atoms with Gasteiger partial charge in [0.15, 0.2) is 0 Å². The van der Waals surface area contributed by atoms with Crippen molar-refractivity contribution in [2.75, 3.05) is 54.5 Å². The molecule has 1 aliphatic heterocycles. The van der Waals surface area contributed by atoms with Gasteiger partial charge in [0.05, 0.1) is 12.7 Å². The Hall–Kier alpha value is -0.650. The number of hydrogen-bond acceptors (Lipinski definition) is 4. The number of likely N-dealkylation sites (tertiary alicyclic amines) is 1. The molecular formula is C14H30N4O. The van der Waals surface area contributed by atoms with Gasteiger partial charge in [0.2, 0.25) is 5.91 Å². The van der Waals surface area contributed by atoms with E-state index in [1.807, 2.05) is 11.9 Å². The normalized spacial score (nSPS) is 25.2. The third-order valence-electron chi connectivity index (χ3n) is 3.83. The summed E-state index contributed by atoms with van der Waals surface area (Å²) in [7, 11) is 8.11. The van der Waals surface area contributed by atoms with Crippen molar-refractivity contribution < 1.29 is 4.79 Å². The standard InChI is InChI=1S/C14H30N4O/c1-12-6-7-18(14(19)13(10-12)15-2)11-17(5)9-8-16(3)4/h12-13,15H,6-11H2,1-5H3. The van der Waals surface area contributed by atoms with Gasteiger partial charge in [0.1, 0.15) is 0 Å². The second-order valence-electron chi connectivity index (χ2n) is 6.10. The molecule has 2 atom stereocenters. The van der Waals surface area contributed by atoms with Crippen LogP contribution in [0.15, 0.2) is 0 Å². The zero-order valence-electron chi connectivity index (χ0n) is 13.1. The molecule has 0 aromatic carbocycles. The quantitative estimate of drug-likeness (QED) is 0.753.